The van der Waals surface area contributed by atoms with Crippen LogP contribution in [-0.2, 0) is 62.5 Å². The molecule has 4 aromatic rings. The summed E-state index contributed by atoms with van der Waals surface area (Å²) in [7, 11) is 0. The number of nitrogens with one attached hydrogen (secondary N) is 3. The summed E-state index contributed by atoms with van der Waals surface area (Å²) in [5.41, 5.74) is 4.31. The van der Waals surface area contributed by atoms with Crippen LogP contribution in [0, 0.1) is 0 Å². The summed E-state index contributed by atoms with van der Waals surface area (Å²) in [6, 6.07) is 18.6. The quantitative estimate of drug-likeness (QED) is 0.0954. The smallest absolute Gasteiger partial charge is 0.407 e. The van der Waals surface area contributed by atoms with E-state index in [1.165, 1.54) is 11.3 Å². The zero-order valence-corrected chi connectivity index (χ0v) is 28.5. The average molecular weight is 688 g/mol. The number of amides is 3. The zero-order valence-electron chi connectivity index (χ0n) is 27.7. The largest absolute Gasteiger partial charge is 0.466 e. The number of rotatable bonds is 18. The molecule has 0 bridgehead atoms. The molecule has 13 nitrogen and oxygen atoms in total. The fraction of sp³-hybridized carbons (Fsp3) is 0.371. The van der Waals surface area contributed by atoms with Crippen LogP contribution < -0.4 is 16.0 Å². The third-order valence-corrected chi connectivity index (χ3v) is 8.02. The van der Waals surface area contributed by atoms with Crippen molar-refractivity contribution in [2.24, 2.45) is 0 Å². The highest BCUT2D eigenvalue weighted by Gasteiger charge is 2.11. The number of aromatic nitrogens is 4. The molecule has 0 radical (unpaired) electrons. The molecule has 0 spiro atoms. The van der Waals surface area contributed by atoms with Crippen LogP contribution >= 0.6 is 11.3 Å². The first-order valence-corrected chi connectivity index (χ1v) is 17.1. The average Bonchev–Trinajstić information content (AvgIpc) is 3.53. The first-order valence-electron chi connectivity index (χ1n) is 16.3. The highest BCUT2D eigenvalue weighted by molar-refractivity contribution is 7.15. The number of hydrogen-bond acceptors (Lipinski definition) is 11. The van der Waals surface area contributed by atoms with Crippen molar-refractivity contribution in [3.63, 3.8) is 0 Å². The number of unbranched alkanes of at least 4 members (excludes halogenated alkanes) is 1. The minimum atomic E-state index is -0.482. The molecule has 0 fully saturated rings. The van der Waals surface area contributed by atoms with Gasteiger partial charge in [-0.15, -0.1) is 15.3 Å². The summed E-state index contributed by atoms with van der Waals surface area (Å²) in [4.78, 5) is 48.3. The second-order valence-electron chi connectivity index (χ2n) is 11.1. The fourth-order valence-electron chi connectivity index (χ4n) is 4.85. The van der Waals surface area contributed by atoms with Gasteiger partial charge in [0.25, 0.3) is 0 Å². The lowest BCUT2D eigenvalue weighted by atomic mass is 10.0. The van der Waals surface area contributed by atoms with Gasteiger partial charge in [0.1, 0.15) is 5.01 Å². The Morgan fingerprint density at radius 3 is 2.08 bits per heavy atom. The molecule has 2 heterocycles. The number of carbonyl (C=O) groups is 4. The monoisotopic (exact) mass is 687 g/mol. The normalized spacial score (nSPS) is 10.7. The van der Waals surface area contributed by atoms with Gasteiger partial charge in [-0.05, 0) is 73.9 Å². The highest BCUT2D eigenvalue weighted by atomic mass is 32.1. The van der Waals surface area contributed by atoms with Gasteiger partial charge in [-0.2, -0.15) is 5.10 Å². The molecular formula is C35H41N7O6S. The molecule has 0 aliphatic carbocycles. The lowest BCUT2D eigenvalue weighted by Gasteiger charge is -2.07. The van der Waals surface area contributed by atoms with Crippen LogP contribution in [0.2, 0.25) is 0 Å². The predicted octanol–water partition coefficient (Wildman–Crippen LogP) is 5.00. The van der Waals surface area contributed by atoms with Crippen molar-refractivity contribution in [1.29, 1.82) is 0 Å². The van der Waals surface area contributed by atoms with E-state index in [2.05, 4.69) is 36.3 Å². The predicted molar refractivity (Wildman–Crippen MR) is 185 cm³/mol. The molecule has 0 atom stereocenters. The van der Waals surface area contributed by atoms with Crippen molar-refractivity contribution in [2.75, 3.05) is 23.8 Å². The van der Waals surface area contributed by atoms with Crippen molar-refractivity contribution >= 4 is 46.2 Å². The van der Waals surface area contributed by atoms with Crippen LogP contribution in [-0.4, -0.2) is 57.5 Å². The van der Waals surface area contributed by atoms with Crippen LogP contribution in [0.15, 0.2) is 60.7 Å². The van der Waals surface area contributed by atoms with Gasteiger partial charge in [-0.3, -0.25) is 14.4 Å². The number of ether oxygens (including phenoxy) is 2. The molecule has 49 heavy (non-hydrogen) atoms. The number of benzene rings is 2. The number of carbonyl (C=O) groups excluding carboxylic acids is 4. The second-order valence-corrected chi connectivity index (χ2v) is 12.1. The standard InChI is InChI=1S/C35H41N7O6S/c1-3-47-33(45)18-15-24-9-7-10-25(19-24)21-30(43)37-29-17-16-28(39-40-29)13-5-6-14-32-41-42-34(49-32)38-31(44)22-26-11-8-12-27(20-26)23-36-35(46)48-4-2/h7-12,16-17,19-20H,3-6,13-15,18,21-23H2,1-2H3,(H,36,46)(H,37,40,43)(H,38,42,44). The molecule has 2 aromatic carbocycles. The van der Waals surface area contributed by atoms with Crippen molar-refractivity contribution < 1.29 is 28.7 Å². The van der Waals surface area contributed by atoms with Crippen LogP contribution in [0.1, 0.15) is 66.1 Å². The zero-order chi connectivity index (χ0) is 34.8. The molecule has 0 saturated carbocycles. The molecule has 3 N–H and O–H groups in total. The highest BCUT2D eigenvalue weighted by Crippen LogP contribution is 2.19. The molecule has 14 heteroatoms. The first kappa shape index (κ1) is 36.6. The number of hydrogen-bond donors (Lipinski definition) is 3. The van der Waals surface area contributed by atoms with Crippen LogP contribution in [0.5, 0.6) is 0 Å². The Hall–Kier alpha value is -5.24. The maximum atomic E-state index is 12.6. The lowest BCUT2D eigenvalue weighted by Crippen LogP contribution is -2.23. The van der Waals surface area contributed by atoms with Gasteiger partial charge >= 0.3 is 12.1 Å². The number of anilines is 2. The van der Waals surface area contributed by atoms with Crippen LogP contribution in [0.4, 0.5) is 15.7 Å². The van der Waals surface area contributed by atoms with Gasteiger partial charge in [0.05, 0.1) is 31.7 Å². The summed E-state index contributed by atoms with van der Waals surface area (Å²) in [5, 5.41) is 26.3. The number of alkyl carbamates (subject to hydrolysis) is 1. The Bertz CT molecular complexity index is 1700. The van der Waals surface area contributed by atoms with E-state index < -0.39 is 6.09 Å². The van der Waals surface area contributed by atoms with Crippen molar-refractivity contribution in [2.45, 2.75) is 71.8 Å². The topological polar surface area (TPSA) is 174 Å². The van der Waals surface area contributed by atoms with Gasteiger partial charge in [0, 0.05) is 19.4 Å². The van der Waals surface area contributed by atoms with Crippen molar-refractivity contribution in [3.05, 3.63) is 93.6 Å². The Labute approximate surface area is 289 Å². The summed E-state index contributed by atoms with van der Waals surface area (Å²) in [6.45, 7) is 4.49. The Morgan fingerprint density at radius 2 is 1.37 bits per heavy atom. The molecule has 4 rings (SSSR count). The van der Waals surface area contributed by atoms with E-state index >= 15 is 0 Å². The summed E-state index contributed by atoms with van der Waals surface area (Å²) < 4.78 is 9.85. The van der Waals surface area contributed by atoms with Gasteiger partial charge < -0.3 is 25.4 Å². The van der Waals surface area contributed by atoms with Gasteiger partial charge in [0.15, 0.2) is 5.82 Å². The molecule has 2 aromatic heterocycles. The fourth-order valence-corrected chi connectivity index (χ4v) is 5.65. The Balaban J connectivity index is 1.13. The molecule has 0 unspecified atom stereocenters. The number of aryl methyl sites for hydroxylation is 3. The summed E-state index contributed by atoms with van der Waals surface area (Å²) in [6.07, 6.45) is 3.86. The third-order valence-electron chi connectivity index (χ3n) is 7.12. The van der Waals surface area contributed by atoms with Crippen LogP contribution in [0.25, 0.3) is 0 Å². The summed E-state index contributed by atoms with van der Waals surface area (Å²) in [5.74, 6) is -0.254. The van der Waals surface area contributed by atoms with Crippen molar-refractivity contribution in [3.8, 4) is 0 Å². The maximum Gasteiger partial charge on any atom is 0.407 e. The third kappa shape index (κ3) is 13.4. The molecular weight excluding hydrogens is 646 g/mol. The Kier molecular flexibility index (Phi) is 14.6. The van der Waals surface area contributed by atoms with E-state index in [0.717, 1.165) is 52.2 Å². The minimum absolute atomic E-state index is 0.166. The summed E-state index contributed by atoms with van der Waals surface area (Å²) >= 11 is 1.35. The van der Waals surface area contributed by atoms with Gasteiger partial charge in [0.2, 0.25) is 16.9 Å². The van der Waals surface area contributed by atoms with E-state index in [1.807, 2.05) is 54.6 Å². The lowest BCUT2D eigenvalue weighted by molar-refractivity contribution is -0.143. The molecule has 0 saturated heterocycles. The van der Waals surface area contributed by atoms with Crippen molar-refractivity contribution in [1.82, 2.24) is 25.7 Å². The number of nitrogens with zero attached hydrogens (tertiary/aromatic N) is 4. The molecule has 258 valence electrons. The SMILES string of the molecule is CCOC(=O)CCc1cccc(CC(=O)Nc2ccc(CCCCc3nnc(NC(=O)Cc4cccc(CNC(=O)OCC)c4)s3)nn2)c1. The maximum absolute atomic E-state index is 12.6. The molecule has 0 aliphatic heterocycles. The van der Waals surface area contributed by atoms with Crippen LogP contribution in [0.3, 0.4) is 0 Å². The first-order chi connectivity index (χ1) is 23.8. The minimum Gasteiger partial charge on any atom is -0.466 e. The van der Waals surface area contributed by atoms with E-state index in [0.29, 0.717) is 50.0 Å². The second kappa shape index (κ2) is 19.5. The van der Waals surface area contributed by atoms with E-state index in [-0.39, 0.29) is 30.6 Å². The van der Waals surface area contributed by atoms with E-state index in [9.17, 15) is 19.2 Å². The van der Waals surface area contributed by atoms with E-state index in [1.54, 1.807) is 19.9 Å². The van der Waals surface area contributed by atoms with E-state index in [4.69, 9.17) is 9.47 Å². The number of esters is 1. The Morgan fingerprint density at radius 1 is 0.694 bits per heavy atom. The van der Waals surface area contributed by atoms with Gasteiger partial charge in [-0.25, -0.2) is 4.79 Å². The molecule has 0 aliphatic rings. The molecule has 3 amide bonds. The van der Waals surface area contributed by atoms with Gasteiger partial charge in [-0.1, -0.05) is 59.9 Å².